The normalized spacial score (nSPS) is 17.5. The van der Waals surface area contributed by atoms with Crippen molar-refractivity contribution in [2.45, 2.75) is 6.18 Å². The lowest BCUT2D eigenvalue weighted by molar-refractivity contribution is -0.141. The highest BCUT2D eigenvalue weighted by atomic mass is 19.4. The maximum atomic E-state index is 12.4. The maximum Gasteiger partial charge on any atom is 0.435 e. The average Bonchev–Trinajstić information content (AvgIpc) is 2.45. The second kappa shape index (κ2) is 6.36. The summed E-state index contributed by atoms with van der Waals surface area (Å²) in [5.74, 6) is 0.490. The van der Waals surface area contributed by atoms with E-state index in [4.69, 9.17) is 4.74 Å². The van der Waals surface area contributed by atoms with Gasteiger partial charge in [0.15, 0.2) is 11.5 Å². The van der Waals surface area contributed by atoms with Gasteiger partial charge >= 0.3 is 6.18 Å². The number of hydrogen-bond acceptors (Lipinski definition) is 5. The van der Waals surface area contributed by atoms with Crippen LogP contribution in [0, 0.1) is 0 Å². The number of alkyl halides is 3. The average molecular weight is 290 g/mol. The highest BCUT2D eigenvalue weighted by Gasteiger charge is 2.33. The van der Waals surface area contributed by atoms with Gasteiger partial charge in [-0.2, -0.15) is 13.2 Å². The van der Waals surface area contributed by atoms with Gasteiger partial charge in [0, 0.05) is 39.8 Å². The molecule has 8 heteroatoms. The summed E-state index contributed by atoms with van der Waals surface area (Å²) < 4.78 is 42.2. The number of piperazine rings is 1. The number of anilines is 1. The summed E-state index contributed by atoms with van der Waals surface area (Å²) in [7, 11) is 1.66. The quantitative estimate of drug-likeness (QED) is 0.835. The third-order valence-corrected chi connectivity index (χ3v) is 3.25. The van der Waals surface area contributed by atoms with Crippen molar-refractivity contribution in [1.82, 2.24) is 15.1 Å². The molecule has 1 fully saturated rings. The van der Waals surface area contributed by atoms with Crippen molar-refractivity contribution >= 4 is 5.82 Å². The molecular formula is C12H17F3N4O. The molecule has 1 aliphatic heterocycles. The van der Waals surface area contributed by atoms with Crippen LogP contribution in [0.15, 0.2) is 12.1 Å². The Labute approximate surface area is 115 Å². The second-order valence-electron chi connectivity index (χ2n) is 4.60. The Morgan fingerprint density at radius 1 is 1.15 bits per heavy atom. The zero-order chi connectivity index (χ0) is 14.6. The molecule has 112 valence electrons. The topological polar surface area (TPSA) is 41.5 Å². The molecule has 2 rings (SSSR count). The van der Waals surface area contributed by atoms with Gasteiger partial charge in [-0.3, -0.25) is 4.90 Å². The molecule has 0 aromatic carbocycles. The second-order valence-corrected chi connectivity index (χ2v) is 4.60. The van der Waals surface area contributed by atoms with Crippen molar-refractivity contribution in [3.63, 3.8) is 0 Å². The molecule has 0 saturated carbocycles. The molecule has 0 aliphatic carbocycles. The summed E-state index contributed by atoms with van der Waals surface area (Å²) in [4.78, 5) is 4.19. The predicted molar refractivity (Wildman–Crippen MR) is 67.6 cm³/mol. The molecule has 0 unspecified atom stereocenters. The van der Waals surface area contributed by atoms with Crippen LogP contribution in [-0.2, 0) is 10.9 Å². The molecule has 0 atom stereocenters. The Bertz CT molecular complexity index is 416. The number of hydrogen-bond donors (Lipinski definition) is 0. The Morgan fingerprint density at radius 2 is 1.85 bits per heavy atom. The highest BCUT2D eigenvalue weighted by molar-refractivity contribution is 5.38. The van der Waals surface area contributed by atoms with Crippen LogP contribution in [0.1, 0.15) is 5.69 Å². The maximum absolute atomic E-state index is 12.4. The number of aromatic nitrogens is 2. The first-order valence-corrected chi connectivity index (χ1v) is 6.38. The zero-order valence-corrected chi connectivity index (χ0v) is 11.2. The van der Waals surface area contributed by atoms with Crippen molar-refractivity contribution in [3.8, 4) is 0 Å². The van der Waals surface area contributed by atoms with Crippen molar-refractivity contribution in [2.24, 2.45) is 0 Å². The fraction of sp³-hybridized carbons (Fsp3) is 0.667. The minimum atomic E-state index is -4.44. The monoisotopic (exact) mass is 290 g/mol. The van der Waals surface area contributed by atoms with Crippen LogP contribution in [0.4, 0.5) is 19.0 Å². The number of ether oxygens (including phenoxy) is 1. The smallest absolute Gasteiger partial charge is 0.383 e. The van der Waals surface area contributed by atoms with E-state index in [1.54, 1.807) is 7.11 Å². The van der Waals surface area contributed by atoms with E-state index >= 15 is 0 Å². The summed E-state index contributed by atoms with van der Waals surface area (Å²) in [6.07, 6.45) is -4.44. The molecule has 20 heavy (non-hydrogen) atoms. The highest BCUT2D eigenvalue weighted by Crippen LogP contribution is 2.27. The van der Waals surface area contributed by atoms with Crippen LogP contribution >= 0.6 is 0 Å². The lowest BCUT2D eigenvalue weighted by Gasteiger charge is -2.34. The Kier molecular flexibility index (Phi) is 4.77. The van der Waals surface area contributed by atoms with Gasteiger partial charge in [0.1, 0.15) is 0 Å². The third kappa shape index (κ3) is 3.80. The first-order chi connectivity index (χ1) is 9.50. The molecule has 0 spiro atoms. The van der Waals surface area contributed by atoms with Gasteiger partial charge in [0.25, 0.3) is 0 Å². The van der Waals surface area contributed by atoms with Gasteiger partial charge in [-0.1, -0.05) is 0 Å². The van der Waals surface area contributed by atoms with Crippen LogP contribution in [0.5, 0.6) is 0 Å². The van der Waals surface area contributed by atoms with Gasteiger partial charge in [-0.15, -0.1) is 10.2 Å². The largest absolute Gasteiger partial charge is 0.435 e. The molecule has 1 saturated heterocycles. The van der Waals surface area contributed by atoms with Crippen molar-refractivity contribution in [3.05, 3.63) is 17.8 Å². The number of methoxy groups -OCH3 is 1. The molecule has 0 bridgehead atoms. The van der Waals surface area contributed by atoms with Gasteiger partial charge in [-0.25, -0.2) is 0 Å². The van der Waals surface area contributed by atoms with E-state index in [2.05, 4.69) is 15.1 Å². The Morgan fingerprint density at radius 3 is 2.35 bits per heavy atom. The minimum absolute atomic E-state index is 0.490. The summed E-state index contributed by atoms with van der Waals surface area (Å²) in [5, 5.41) is 6.91. The lowest BCUT2D eigenvalue weighted by atomic mass is 10.3. The van der Waals surface area contributed by atoms with Crippen molar-refractivity contribution < 1.29 is 17.9 Å². The molecule has 1 aromatic rings. The fourth-order valence-corrected chi connectivity index (χ4v) is 2.07. The summed E-state index contributed by atoms with van der Waals surface area (Å²) in [6, 6.07) is 2.35. The van der Waals surface area contributed by atoms with Gasteiger partial charge in [0.2, 0.25) is 0 Å². The standard InChI is InChI=1S/C12H17F3N4O/c1-20-9-8-18-4-6-19(7-5-18)11-3-2-10(16-17-11)12(13,14)15/h2-3H,4-9H2,1H3. The molecule has 5 nitrogen and oxygen atoms in total. The van der Waals surface area contributed by atoms with Crippen molar-refractivity contribution in [1.29, 1.82) is 0 Å². The van der Waals surface area contributed by atoms with E-state index in [0.717, 1.165) is 38.8 Å². The summed E-state index contributed by atoms with van der Waals surface area (Å²) in [5.41, 5.74) is -0.958. The molecule has 1 aromatic heterocycles. The molecular weight excluding hydrogens is 273 g/mol. The van der Waals surface area contributed by atoms with Crippen LogP contribution in [0.2, 0.25) is 0 Å². The SMILES string of the molecule is COCCN1CCN(c2ccc(C(F)(F)F)nn2)CC1. The summed E-state index contributed by atoms with van der Waals surface area (Å²) in [6.45, 7) is 4.68. The zero-order valence-electron chi connectivity index (χ0n) is 11.2. The number of halogens is 3. The molecule has 2 heterocycles. The predicted octanol–water partition coefficient (Wildman–Crippen LogP) is 1.26. The van der Waals surface area contributed by atoms with Crippen LogP contribution < -0.4 is 4.90 Å². The molecule has 1 aliphatic rings. The third-order valence-electron chi connectivity index (χ3n) is 3.25. The van der Waals surface area contributed by atoms with E-state index < -0.39 is 11.9 Å². The lowest BCUT2D eigenvalue weighted by Crippen LogP contribution is -2.47. The van der Waals surface area contributed by atoms with Gasteiger partial charge in [-0.05, 0) is 12.1 Å². The Balaban J connectivity index is 1.90. The summed E-state index contributed by atoms with van der Waals surface area (Å²) >= 11 is 0. The fourth-order valence-electron chi connectivity index (χ4n) is 2.07. The van der Waals surface area contributed by atoms with E-state index in [-0.39, 0.29) is 0 Å². The molecule has 0 N–H and O–H groups in total. The number of rotatable bonds is 4. The first-order valence-electron chi connectivity index (χ1n) is 6.38. The molecule has 0 radical (unpaired) electrons. The van der Waals surface area contributed by atoms with E-state index in [1.165, 1.54) is 6.07 Å². The van der Waals surface area contributed by atoms with Crippen LogP contribution in [-0.4, -0.2) is 61.5 Å². The van der Waals surface area contributed by atoms with Crippen LogP contribution in [0.3, 0.4) is 0 Å². The van der Waals surface area contributed by atoms with Crippen molar-refractivity contribution in [2.75, 3.05) is 51.3 Å². The van der Waals surface area contributed by atoms with E-state index in [1.807, 2.05) is 4.90 Å². The molecule has 0 amide bonds. The first kappa shape index (κ1) is 15.0. The number of nitrogens with zero attached hydrogens (tertiary/aromatic N) is 4. The minimum Gasteiger partial charge on any atom is -0.383 e. The van der Waals surface area contributed by atoms with Gasteiger partial charge in [0.05, 0.1) is 6.61 Å². The van der Waals surface area contributed by atoms with E-state index in [9.17, 15) is 13.2 Å². The van der Waals surface area contributed by atoms with Gasteiger partial charge < -0.3 is 9.64 Å². The van der Waals surface area contributed by atoms with Crippen LogP contribution in [0.25, 0.3) is 0 Å². The Hall–Kier alpha value is -1.41. The van der Waals surface area contributed by atoms with E-state index in [0.29, 0.717) is 12.4 Å².